The van der Waals surface area contributed by atoms with E-state index < -0.39 is 5.82 Å². The number of nitrogens with zero attached hydrogens (tertiary/aromatic N) is 5. The van der Waals surface area contributed by atoms with E-state index in [2.05, 4.69) is 37.0 Å². The average Bonchev–Trinajstić information content (AvgIpc) is 3.85. The number of nitrogens with one attached hydrogen (secondary N) is 2. The number of fused-ring (bicyclic) bond motifs is 2. The van der Waals surface area contributed by atoms with Gasteiger partial charge in [0.1, 0.15) is 23.7 Å². The molecule has 5 heterocycles. The van der Waals surface area contributed by atoms with Crippen LogP contribution in [0.25, 0.3) is 0 Å². The molecule has 0 radical (unpaired) electrons. The minimum Gasteiger partial charge on any atom is -0.494 e. The fourth-order valence-electron chi connectivity index (χ4n) is 7.09. The zero-order valence-electron chi connectivity index (χ0n) is 25.6. The van der Waals surface area contributed by atoms with Gasteiger partial charge in [-0.25, -0.2) is 19.4 Å². The molecule has 4 aliphatic rings. The average molecular weight is 650 g/mol. The lowest BCUT2D eigenvalue weighted by Gasteiger charge is -2.41. The molecule has 0 aliphatic carbocycles. The first-order valence-electron chi connectivity index (χ1n) is 15.6. The van der Waals surface area contributed by atoms with Gasteiger partial charge < -0.3 is 25.0 Å². The molecule has 1 amide bonds. The quantitative estimate of drug-likeness (QED) is 0.290. The molecule has 3 atom stereocenters. The lowest BCUT2D eigenvalue weighted by Crippen LogP contribution is -2.49. The lowest BCUT2D eigenvalue weighted by molar-refractivity contribution is -0.111. The number of carbonyl (C=O) groups excluding carboxylic acids is 1. The van der Waals surface area contributed by atoms with Crippen LogP contribution in [0.5, 0.6) is 5.75 Å². The normalized spacial score (nSPS) is 23.2. The van der Waals surface area contributed by atoms with Crippen molar-refractivity contribution in [1.29, 1.82) is 0 Å². The third-order valence-corrected chi connectivity index (χ3v) is 9.66. The molecule has 2 aromatic carbocycles. The van der Waals surface area contributed by atoms with Gasteiger partial charge in [0.05, 0.1) is 54.6 Å². The van der Waals surface area contributed by atoms with Crippen LogP contribution < -0.4 is 25.3 Å². The summed E-state index contributed by atoms with van der Waals surface area (Å²) in [6.45, 7) is 7.67. The van der Waals surface area contributed by atoms with Gasteiger partial charge >= 0.3 is 0 Å². The second-order valence-electron chi connectivity index (χ2n) is 12.0. The monoisotopic (exact) mass is 649 g/mol. The molecule has 46 heavy (non-hydrogen) atoms. The maximum absolute atomic E-state index is 14.3. The van der Waals surface area contributed by atoms with Gasteiger partial charge in [0.15, 0.2) is 5.82 Å². The Labute approximate surface area is 272 Å². The molecular weight excluding hydrogens is 613 g/mol. The molecular formula is C33H37ClFN7O4. The van der Waals surface area contributed by atoms with Crippen LogP contribution >= 0.6 is 11.6 Å². The third kappa shape index (κ3) is 6.09. The predicted octanol–water partition coefficient (Wildman–Crippen LogP) is 5.47. The highest BCUT2D eigenvalue weighted by Crippen LogP contribution is 2.41. The van der Waals surface area contributed by atoms with Gasteiger partial charge in [0.25, 0.3) is 0 Å². The molecule has 1 aromatic heterocycles. The van der Waals surface area contributed by atoms with Crippen molar-refractivity contribution in [2.75, 3.05) is 60.6 Å². The summed E-state index contributed by atoms with van der Waals surface area (Å²) in [7, 11) is 1.61. The minimum atomic E-state index is -0.483. The molecule has 4 saturated heterocycles. The molecule has 4 fully saturated rings. The Balaban J connectivity index is 1.12. The maximum Gasteiger partial charge on any atom is 0.247 e. The van der Waals surface area contributed by atoms with Crippen molar-refractivity contribution in [3.63, 3.8) is 0 Å². The molecule has 7 rings (SSSR count). The number of hydrogen-bond acceptors (Lipinski definition) is 10. The first kappa shape index (κ1) is 30.7. The van der Waals surface area contributed by atoms with E-state index in [1.54, 1.807) is 30.4 Å². The summed E-state index contributed by atoms with van der Waals surface area (Å²) in [5.41, 5.74) is 2.87. The lowest BCUT2D eigenvalue weighted by atomic mass is 10.0. The standard InChI is InChI=1S/C33H37ClFN7O4/c1-3-33(43)39-26-14-27(30(44-2)15-29(26)40-9-6-21(7-10-40)41-17-23-13-22(41)18-45-23)38-31-16-32(37-19-36-31)42-28(8-11-46-42)20-4-5-24(34)25(35)12-20/h3-5,12,14-16,19,21-23,28H,1,6-11,13,17-18H2,2H3,(H,39,43)(H,36,37,38)/t22-,23-,28+/m0/s1. The van der Waals surface area contributed by atoms with Gasteiger partial charge in [-0.3, -0.25) is 14.5 Å². The molecule has 242 valence electrons. The van der Waals surface area contributed by atoms with Gasteiger partial charge in [-0.1, -0.05) is 24.2 Å². The Morgan fingerprint density at radius 2 is 1.98 bits per heavy atom. The summed E-state index contributed by atoms with van der Waals surface area (Å²) in [6, 6.07) is 11.1. The summed E-state index contributed by atoms with van der Waals surface area (Å²) >= 11 is 5.91. The van der Waals surface area contributed by atoms with Gasteiger partial charge in [-0.15, -0.1) is 0 Å². The number of piperidine rings is 1. The van der Waals surface area contributed by atoms with Crippen LogP contribution in [0.1, 0.15) is 37.3 Å². The fourth-order valence-corrected chi connectivity index (χ4v) is 7.20. The Hall–Kier alpha value is -3.97. The zero-order valence-corrected chi connectivity index (χ0v) is 26.4. The second-order valence-corrected chi connectivity index (χ2v) is 12.5. The van der Waals surface area contributed by atoms with Crippen molar-refractivity contribution in [2.24, 2.45) is 0 Å². The van der Waals surface area contributed by atoms with Crippen molar-refractivity contribution in [3.05, 3.63) is 71.8 Å². The number of methoxy groups -OCH3 is 1. The Bertz CT molecular complexity index is 1620. The molecule has 13 heteroatoms. The number of halogens is 2. The van der Waals surface area contributed by atoms with Gasteiger partial charge in [-0.05, 0) is 49.1 Å². The van der Waals surface area contributed by atoms with Crippen LogP contribution in [-0.4, -0.2) is 78.9 Å². The summed E-state index contributed by atoms with van der Waals surface area (Å²) in [4.78, 5) is 32.2. The van der Waals surface area contributed by atoms with Crippen LogP contribution in [0.3, 0.4) is 0 Å². The number of aromatic nitrogens is 2. The molecule has 0 saturated carbocycles. The van der Waals surface area contributed by atoms with Crippen LogP contribution in [-0.2, 0) is 14.4 Å². The summed E-state index contributed by atoms with van der Waals surface area (Å²) < 4.78 is 25.9. The van der Waals surface area contributed by atoms with Crippen molar-refractivity contribution in [3.8, 4) is 5.75 Å². The van der Waals surface area contributed by atoms with Crippen LogP contribution in [0.15, 0.2) is 55.4 Å². The SMILES string of the molecule is C=CC(=O)Nc1cc(Nc2cc(N3OCC[C@@H]3c3ccc(Cl)c(F)c3)ncn2)c(OC)cc1N1CCC(N2C[C@@H]3C[C@H]2CO3)CC1. The summed E-state index contributed by atoms with van der Waals surface area (Å²) in [5.74, 6) is 0.796. The van der Waals surface area contributed by atoms with E-state index in [1.165, 1.54) is 18.5 Å². The van der Waals surface area contributed by atoms with Crippen LogP contribution in [0, 0.1) is 5.82 Å². The Morgan fingerprint density at radius 3 is 2.70 bits per heavy atom. The number of rotatable bonds is 9. The van der Waals surface area contributed by atoms with Crippen molar-refractivity contribution >= 4 is 46.2 Å². The largest absolute Gasteiger partial charge is 0.494 e. The third-order valence-electron chi connectivity index (χ3n) is 9.35. The smallest absolute Gasteiger partial charge is 0.247 e. The van der Waals surface area contributed by atoms with E-state index in [9.17, 15) is 9.18 Å². The highest BCUT2D eigenvalue weighted by molar-refractivity contribution is 6.30. The van der Waals surface area contributed by atoms with E-state index in [4.69, 9.17) is 25.9 Å². The summed E-state index contributed by atoms with van der Waals surface area (Å²) in [6.07, 6.45) is 6.94. The van der Waals surface area contributed by atoms with E-state index >= 15 is 0 Å². The van der Waals surface area contributed by atoms with E-state index in [0.717, 1.165) is 56.8 Å². The Kier molecular flexibility index (Phi) is 8.69. The topological polar surface area (TPSA) is 104 Å². The second kappa shape index (κ2) is 13.0. The molecule has 11 nitrogen and oxygen atoms in total. The highest BCUT2D eigenvalue weighted by atomic mass is 35.5. The molecule has 0 unspecified atom stereocenters. The minimum absolute atomic E-state index is 0.0695. The van der Waals surface area contributed by atoms with Crippen molar-refractivity contribution in [1.82, 2.24) is 14.9 Å². The molecule has 2 N–H and O–H groups in total. The Morgan fingerprint density at radius 1 is 1.13 bits per heavy atom. The van der Waals surface area contributed by atoms with Crippen LogP contribution in [0.2, 0.25) is 5.02 Å². The first-order valence-corrected chi connectivity index (χ1v) is 16.0. The van der Waals surface area contributed by atoms with Gasteiger partial charge in [0.2, 0.25) is 5.91 Å². The number of ether oxygens (including phenoxy) is 2. The van der Waals surface area contributed by atoms with Crippen LogP contribution in [0.4, 0.5) is 33.1 Å². The number of amides is 1. The fraction of sp³-hybridized carbons (Fsp3) is 0.424. The summed E-state index contributed by atoms with van der Waals surface area (Å²) in [5, 5.41) is 8.05. The zero-order chi connectivity index (χ0) is 31.8. The van der Waals surface area contributed by atoms with Gasteiger partial charge in [-0.2, -0.15) is 0 Å². The number of hydroxylamine groups is 1. The number of benzene rings is 2. The van der Waals surface area contributed by atoms with Crippen molar-refractivity contribution < 1.29 is 23.5 Å². The highest BCUT2D eigenvalue weighted by Gasteiger charge is 2.42. The van der Waals surface area contributed by atoms with Crippen molar-refractivity contribution in [2.45, 2.75) is 49.9 Å². The molecule has 3 aromatic rings. The predicted molar refractivity (Wildman–Crippen MR) is 174 cm³/mol. The van der Waals surface area contributed by atoms with Gasteiger partial charge in [0, 0.05) is 50.3 Å². The molecule has 0 spiro atoms. The van der Waals surface area contributed by atoms with E-state index in [-0.39, 0.29) is 17.0 Å². The molecule has 4 aliphatic heterocycles. The van der Waals surface area contributed by atoms with E-state index in [1.807, 2.05) is 12.1 Å². The number of hydrogen-bond donors (Lipinski definition) is 2. The number of anilines is 5. The number of likely N-dealkylation sites (tertiary alicyclic amines) is 1. The first-order chi connectivity index (χ1) is 22.4. The number of morpholine rings is 1. The molecule has 2 bridgehead atoms. The maximum atomic E-state index is 14.3. The number of carbonyl (C=O) groups is 1. The van der Waals surface area contributed by atoms with E-state index in [0.29, 0.717) is 60.0 Å².